The number of ketones is 1. The van der Waals surface area contributed by atoms with Gasteiger partial charge in [-0.3, -0.25) is 9.59 Å². The number of rotatable bonds is 2. The third-order valence-corrected chi connectivity index (χ3v) is 9.11. The first-order valence-electron chi connectivity index (χ1n) is 10.8. The summed E-state index contributed by atoms with van der Waals surface area (Å²) >= 11 is 0. The van der Waals surface area contributed by atoms with Gasteiger partial charge in [0.05, 0.1) is 11.7 Å². The lowest BCUT2D eigenvalue weighted by Gasteiger charge is -2.65. The Kier molecular flexibility index (Phi) is 4.59. The van der Waals surface area contributed by atoms with Crippen LogP contribution in [-0.2, 0) is 14.3 Å². The molecule has 4 aliphatic rings. The zero-order valence-corrected chi connectivity index (χ0v) is 17.5. The molecular weight excluding hydrogens is 356 g/mol. The highest BCUT2D eigenvalue weighted by molar-refractivity contribution is 5.95. The van der Waals surface area contributed by atoms with Gasteiger partial charge in [0.1, 0.15) is 6.10 Å². The van der Waals surface area contributed by atoms with Crippen molar-refractivity contribution in [1.82, 2.24) is 0 Å². The van der Waals surface area contributed by atoms with E-state index in [4.69, 9.17) is 4.74 Å². The largest absolute Gasteiger partial charge is 0.462 e. The molecule has 0 radical (unpaired) electrons. The lowest BCUT2D eigenvalue weighted by atomic mass is 9.42. The van der Waals surface area contributed by atoms with Crippen LogP contribution in [0.2, 0.25) is 0 Å². The molecular formula is C23H34O5. The number of allylic oxidation sites excluding steroid dienone is 2. The molecule has 0 aliphatic heterocycles. The van der Waals surface area contributed by atoms with Gasteiger partial charge in [-0.1, -0.05) is 19.9 Å². The Morgan fingerprint density at radius 3 is 2.50 bits per heavy atom. The number of ether oxygens (including phenoxy) is 1. The van der Waals surface area contributed by atoms with Gasteiger partial charge in [0.15, 0.2) is 5.78 Å². The van der Waals surface area contributed by atoms with Crippen molar-refractivity contribution >= 4 is 11.8 Å². The van der Waals surface area contributed by atoms with Gasteiger partial charge in [-0.15, -0.1) is 0 Å². The first-order chi connectivity index (χ1) is 13.0. The van der Waals surface area contributed by atoms with Crippen LogP contribution in [0.15, 0.2) is 11.6 Å². The number of fused-ring (bicyclic) bond motifs is 5. The van der Waals surface area contributed by atoms with Crippen LogP contribution in [0.4, 0.5) is 0 Å². The lowest BCUT2D eigenvalue weighted by Crippen LogP contribution is -2.68. The number of aliphatic hydroxyl groups excluding tert-OH is 1. The normalized spacial score (nSPS) is 50.1. The molecule has 8 atom stereocenters. The summed E-state index contributed by atoms with van der Waals surface area (Å²) < 4.78 is 5.40. The molecule has 0 bridgehead atoms. The van der Waals surface area contributed by atoms with Gasteiger partial charge in [-0.25, -0.2) is 0 Å². The van der Waals surface area contributed by atoms with Crippen LogP contribution in [0, 0.1) is 28.6 Å². The van der Waals surface area contributed by atoms with Crippen molar-refractivity contribution in [3.8, 4) is 0 Å². The zero-order chi connectivity index (χ0) is 20.5. The fourth-order valence-electron chi connectivity index (χ4n) is 7.69. The molecule has 4 rings (SSSR count). The van der Waals surface area contributed by atoms with E-state index in [1.54, 1.807) is 6.92 Å². The van der Waals surface area contributed by atoms with E-state index in [1.165, 1.54) is 6.92 Å². The Morgan fingerprint density at radius 1 is 1.14 bits per heavy atom. The maximum absolute atomic E-state index is 12.2. The van der Waals surface area contributed by atoms with Crippen LogP contribution >= 0.6 is 0 Å². The highest BCUT2D eigenvalue weighted by Gasteiger charge is 2.67. The number of carbonyl (C=O) groups is 2. The van der Waals surface area contributed by atoms with Crippen molar-refractivity contribution in [2.45, 2.75) is 90.4 Å². The molecule has 5 nitrogen and oxygen atoms in total. The van der Waals surface area contributed by atoms with E-state index >= 15 is 0 Å². The highest BCUT2D eigenvalue weighted by atomic mass is 16.5. The maximum atomic E-state index is 12.2. The molecule has 28 heavy (non-hydrogen) atoms. The average Bonchev–Trinajstić information content (AvgIpc) is 2.95. The third-order valence-electron chi connectivity index (χ3n) is 9.11. The van der Waals surface area contributed by atoms with Crippen molar-refractivity contribution in [1.29, 1.82) is 0 Å². The molecule has 0 saturated heterocycles. The number of aliphatic hydroxyl groups is 2. The Labute approximate surface area is 167 Å². The van der Waals surface area contributed by atoms with E-state index in [2.05, 4.69) is 19.9 Å². The molecule has 3 fully saturated rings. The lowest BCUT2D eigenvalue weighted by molar-refractivity contribution is -0.264. The SMILES string of the molecule is CC(=O)OC1CC[C@]2(C)C3CC[C@]4(C)C(C(C)=O)=CCC4C3C[C@@H](O)[C@@]2(O)C1. The van der Waals surface area contributed by atoms with Crippen molar-refractivity contribution in [2.24, 2.45) is 28.6 Å². The van der Waals surface area contributed by atoms with Crippen LogP contribution in [0.5, 0.6) is 0 Å². The Balaban J connectivity index is 1.64. The summed E-state index contributed by atoms with van der Waals surface area (Å²) in [5.41, 5.74) is -0.759. The van der Waals surface area contributed by atoms with Crippen molar-refractivity contribution < 1.29 is 24.5 Å². The number of Topliss-reactive ketones (excluding diaryl/α,β-unsaturated/α-hetero) is 1. The van der Waals surface area contributed by atoms with Crippen LogP contribution in [0.1, 0.15) is 72.6 Å². The summed E-state index contributed by atoms with van der Waals surface area (Å²) in [5, 5.41) is 22.8. The minimum Gasteiger partial charge on any atom is -0.462 e. The number of carbonyl (C=O) groups excluding carboxylic acids is 2. The molecule has 4 unspecified atom stereocenters. The Bertz CT molecular complexity index is 729. The van der Waals surface area contributed by atoms with Crippen molar-refractivity contribution in [2.75, 3.05) is 0 Å². The average molecular weight is 391 g/mol. The van der Waals surface area contributed by atoms with Crippen LogP contribution in [-0.4, -0.2) is 39.8 Å². The predicted octanol–water partition coefficient (Wildman–Crippen LogP) is 3.17. The molecule has 0 aromatic carbocycles. The van der Waals surface area contributed by atoms with Gasteiger partial charge in [0.25, 0.3) is 0 Å². The number of hydrogen-bond acceptors (Lipinski definition) is 5. The second-order valence-electron chi connectivity index (χ2n) is 10.3. The monoisotopic (exact) mass is 390 g/mol. The predicted molar refractivity (Wildman–Crippen MR) is 104 cm³/mol. The summed E-state index contributed by atoms with van der Waals surface area (Å²) in [6, 6.07) is 0. The van der Waals surface area contributed by atoms with Crippen molar-refractivity contribution in [3.05, 3.63) is 11.6 Å². The van der Waals surface area contributed by atoms with Crippen LogP contribution in [0.25, 0.3) is 0 Å². The minimum absolute atomic E-state index is 0.104. The summed E-state index contributed by atoms with van der Waals surface area (Å²) in [6.07, 6.45) is 6.13. The first kappa shape index (κ1) is 20.1. The first-order valence-corrected chi connectivity index (χ1v) is 10.8. The van der Waals surface area contributed by atoms with Crippen LogP contribution < -0.4 is 0 Å². The van der Waals surface area contributed by atoms with E-state index in [-0.39, 0.29) is 23.3 Å². The maximum Gasteiger partial charge on any atom is 0.302 e. The molecule has 0 amide bonds. The number of esters is 1. The van der Waals surface area contributed by atoms with E-state index in [0.29, 0.717) is 30.6 Å². The molecule has 0 spiro atoms. The second-order valence-corrected chi connectivity index (χ2v) is 10.3. The molecule has 156 valence electrons. The van der Waals surface area contributed by atoms with E-state index < -0.39 is 17.1 Å². The summed E-state index contributed by atoms with van der Waals surface area (Å²) in [7, 11) is 0. The van der Waals surface area contributed by atoms with Gasteiger partial charge in [0, 0.05) is 18.8 Å². The zero-order valence-electron chi connectivity index (χ0n) is 17.5. The summed E-state index contributed by atoms with van der Waals surface area (Å²) in [6.45, 7) is 7.42. The second kappa shape index (κ2) is 6.40. The molecule has 0 aromatic heterocycles. The molecule has 5 heteroatoms. The van der Waals surface area contributed by atoms with E-state index in [1.807, 2.05) is 0 Å². The Hall–Kier alpha value is -1.20. The van der Waals surface area contributed by atoms with Crippen molar-refractivity contribution in [3.63, 3.8) is 0 Å². The van der Waals surface area contributed by atoms with Gasteiger partial charge in [-0.05, 0) is 74.2 Å². The minimum atomic E-state index is -1.23. The topological polar surface area (TPSA) is 83.8 Å². The van der Waals surface area contributed by atoms with E-state index in [0.717, 1.165) is 37.7 Å². The highest BCUT2D eigenvalue weighted by Crippen LogP contribution is 2.67. The quantitative estimate of drug-likeness (QED) is 0.708. The Morgan fingerprint density at radius 2 is 1.86 bits per heavy atom. The standard InChI is InChI=1S/C23H34O5/c1-13(24)17-5-6-18-16-11-20(26)23(27)12-15(28-14(2)25)7-10-22(23,4)19(16)8-9-21(17,18)3/h5,15-16,18-20,26-27H,6-12H2,1-4H3/t15?,16?,18?,19?,20-,21-,22-,23+/m1/s1. The molecule has 0 aromatic rings. The molecule has 3 saturated carbocycles. The molecule has 4 aliphatic carbocycles. The fourth-order valence-corrected chi connectivity index (χ4v) is 7.69. The van der Waals surface area contributed by atoms with Gasteiger partial charge in [0.2, 0.25) is 0 Å². The summed E-state index contributed by atoms with van der Waals surface area (Å²) in [4.78, 5) is 23.6. The third kappa shape index (κ3) is 2.58. The summed E-state index contributed by atoms with van der Waals surface area (Å²) in [5.74, 6) is 0.814. The number of hydrogen-bond donors (Lipinski definition) is 2. The molecule has 2 N–H and O–H groups in total. The van der Waals surface area contributed by atoms with Gasteiger partial charge < -0.3 is 14.9 Å². The van der Waals surface area contributed by atoms with Gasteiger partial charge >= 0.3 is 5.97 Å². The van der Waals surface area contributed by atoms with Gasteiger partial charge in [-0.2, -0.15) is 0 Å². The fraction of sp³-hybridized carbons (Fsp3) is 0.826. The van der Waals surface area contributed by atoms with E-state index in [9.17, 15) is 19.8 Å². The van der Waals surface area contributed by atoms with Crippen LogP contribution in [0.3, 0.4) is 0 Å². The smallest absolute Gasteiger partial charge is 0.302 e. The molecule has 0 heterocycles.